The maximum atomic E-state index is 12.6. The van der Waals surface area contributed by atoms with Crippen molar-refractivity contribution in [3.63, 3.8) is 0 Å². The van der Waals surface area contributed by atoms with Crippen molar-refractivity contribution in [2.75, 3.05) is 58.2 Å². The van der Waals surface area contributed by atoms with Crippen LogP contribution in [-0.4, -0.2) is 79.6 Å². The third kappa shape index (κ3) is 7.38. The van der Waals surface area contributed by atoms with Crippen molar-refractivity contribution in [1.29, 1.82) is 0 Å². The van der Waals surface area contributed by atoms with Gasteiger partial charge in [0.25, 0.3) is 0 Å². The molecule has 0 aromatic heterocycles. The molecule has 1 N–H and O–H groups in total. The molecule has 0 bridgehead atoms. The minimum atomic E-state index is -0.162. The molecule has 1 saturated heterocycles. The number of nitrogens with zero attached hydrogens (tertiary/aromatic N) is 3. The predicted molar refractivity (Wildman–Crippen MR) is 138 cm³/mol. The lowest BCUT2D eigenvalue weighted by Gasteiger charge is -2.35. The molecule has 1 aliphatic heterocycles. The highest BCUT2D eigenvalue weighted by Crippen LogP contribution is 2.25. The van der Waals surface area contributed by atoms with E-state index in [1.54, 1.807) is 37.1 Å². The molecule has 3 amide bonds. The molecular formula is C25H30Cl2N4O3. The van der Waals surface area contributed by atoms with Gasteiger partial charge in [0.05, 0.1) is 17.2 Å². The molecule has 182 valence electrons. The number of rotatable bonds is 8. The molecule has 9 heteroatoms. The number of carbonyl (C=O) groups is 2. The first-order valence-corrected chi connectivity index (χ1v) is 11.9. The van der Waals surface area contributed by atoms with Crippen LogP contribution in [-0.2, 0) is 4.79 Å². The Kier molecular flexibility index (Phi) is 9.62. The number of amides is 3. The minimum absolute atomic E-state index is 0.0318. The first-order chi connectivity index (χ1) is 16.4. The summed E-state index contributed by atoms with van der Waals surface area (Å²) < 4.78 is 5.36. The van der Waals surface area contributed by atoms with Crippen molar-refractivity contribution in [2.45, 2.75) is 6.92 Å². The Hall–Kier alpha value is -2.74. The van der Waals surface area contributed by atoms with Gasteiger partial charge in [0.2, 0.25) is 5.91 Å². The van der Waals surface area contributed by atoms with Crippen molar-refractivity contribution in [3.05, 3.63) is 64.1 Å². The number of anilines is 1. The third-order valence-corrected chi connectivity index (χ3v) is 6.46. The van der Waals surface area contributed by atoms with Gasteiger partial charge in [-0.25, -0.2) is 4.79 Å². The summed E-state index contributed by atoms with van der Waals surface area (Å²) in [6.45, 7) is 6.21. The Labute approximate surface area is 210 Å². The van der Waals surface area contributed by atoms with Crippen molar-refractivity contribution < 1.29 is 14.3 Å². The van der Waals surface area contributed by atoms with Gasteiger partial charge in [0.1, 0.15) is 5.75 Å². The molecular weight excluding hydrogens is 475 g/mol. The molecule has 0 saturated carbocycles. The summed E-state index contributed by atoms with van der Waals surface area (Å²) in [5, 5.41) is 3.71. The number of nitrogens with one attached hydrogen (secondary N) is 1. The van der Waals surface area contributed by atoms with Gasteiger partial charge >= 0.3 is 6.03 Å². The van der Waals surface area contributed by atoms with Gasteiger partial charge in [-0.05, 0) is 24.3 Å². The molecule has 0 unspecified atom stereocenters. The van der Waals surface area contributed by atoms with E-state index in [9.17, 15) is 9.59 Å². The molecule has 1 heterocycles. The highest BCUT2D eigenvalue weighted by Gasteiger charge is 2.22. The van der Waals surface area contributed by atoms with E-state index in [0.717, 1.165) is 30.9 Å². The van der Waals surface area contributed by atoms with Gasteiger partial charge in [-0.15, -0.1) is 0 Å². The summed E-state index contributed by atoms with van der Waals surface area (Å²) >= 11 is 11.9. The molecule has 0 atom stereocenters. The molecule has 0 radical (unpaired) electrons. The zero-order valence-corrected chi connectivity index (χ0v) is 21.0. The maximum Gasteiger partial charge on any atom is 0.321 e. The fraction of sp³-hybridized carbons (Fsp3) is 0.360. The average Bonchev–Trinajstić information content (AvgIpc) is 2.84. The summed E-state index contributed by atoms with van der Waals surface area (Å²) in [5.41, 5.74) is 1.59. The number of urea groups is 1. The number of hydrogen-bond acceptors (Lipinski definition) is 4. The number of halogens is 2. The number of carbonyl (C=O) groups excluding carboxylic acids is 2. The van der Waals surface area contributed by atoms with E-state index in [1.165, 1.54) is 0 Å². The maximum absolute atomic E-state index is 12.6. The predicted octanol–water partition coefficient (Wildman–Crippen LogP) is 4.71. The molecule has 34 heavy (non-hydrogen) atoms. The molecule has 3 rings (SSSR count). The first kappa shape index (κ1) is 25.9. The van der Waals surface area contributed by atoms with Crippen LogP contribution in [0.3, 0.4) is 0 Å². The lowest BCUT2D eigenvalue weighted by molar-refractivity contribution is -0.128. The number of hydrogen-bond donors (Lipinski definition) is 1. The summed E-state index contributed by atoms with van der Waals surface area (Å²) in [6, 6.07) is 12.6. The van der Waals surface area contributed by atoms with E-state index in [0.29, 0.717) is 41.9 Å². The van der Waals surface area contributed by atoms with Crippen LogP contribution in [0, 0.1) is 0 Å². The van der Waals surface area contributed by atoms with Crippen LogP contribution in [0.4, 0.5) is 10.5 Å². The summed E-state index contributed by atoms with van der Waals surface area (Å²) in [4.78, 5) is 30.5. The van der Waals surface area contributed by atoms with Crippen molar-refractivity contribution in [2.24, 2.45) is 0 Å². The van der Waals surface area contributed by atoms with E-state index < -0.39 is 0 Å². The normalized spacial score (nSPS) is 14.3. The SMILES string of the molecule is COc1ccccc1/C=C/CN(CCN1CCN(C(=O)Nc2ccc(Cl)c(Cl)c2)CC1)C(C)=O. The zero-order valence-electron chi connectivity index (χ0n) is 19.5. The Morgan fingerprint density at radius 3 is 2.50 bits per heavy atom. The number of methoxy groups -OCH3 is 1. The molecule has 2 aromatic carbocycles. The number of ether oxygens (including phenoxy) is 1. The topological polar surface area (TPSA) is 65.1 Å². The molecule has 0 aliphatic carbocycles. The lowest BCUT2D eigenvalue weighted by atomic mass is 10.2. The third-order valence-electron chi connectivity index (χ3n) is 5.72. The second-order valence-electron chi connectivity index (χ2n) is 8.00. The summed E-state index contributed by atoms with van der Waals surface area (Å²) in [5.74, 6) is 0.832. The van der Waals surface area contributed by atoms with Crippen LogP contribution in [0.5, 0.6) is 5.75 Å². The minimum Gasteiger partial charge on any atom is -0.496 e. The quantitative estimate of drug-likeness (QED) is 0.565. The van der Waals surface area contributed by atoms with Crippen LogP contribution in [0.1, 0.15) is 12.5 Å². The Bertz CT molecular complexity index is 1020. The smallest absolute Gasteiger partial charge is 0.321 e. The van der Waals surface area contributed by atoms with Gasteiger partial charge in [0.15, 0.2) is 0 Å². The average molecular weight is 505 g/mol. The highest BCUT2D eigenvalue weighted by atomic mass is 35.5. The number of piperazine rings is 1. The number of para-hydroxylation sites is 1. The standard InChI is InChI=1S/C25H30Cl2N4O3/c1-19(32)30(11-5-7-20-6-3-4-8-24(20)34-2)15-12-29-13-16-31(17-14-29)25(33)28-21-9-10-22(26)23(27)18-21/h3-10,18H,11-17H2,1-2H3,(H,28,33)/b7-5+. The Morgan fingerprint density at radius 2 is 1.82 bits per heavy atom. The second kappa shape index (κ2) is 12.6. The van der Waals surface area contributed by atoms with E-state index in [1.807, 2.05) is 41.3 Å². The fourth-order valence-corrected chi connectivity index (χ4v) is 4.00. The molecule has 1 aliphatic rings. The van der Waals surface area contributed by atoms with Gasteiger partial charge < -0.3 is 19.9 Å². The summed E-state index contributed by atoms with van der Waals surface area (Å²) in [7, 11) is 1.64. The van der Waals surface area contributed by atoms with Crippen molar-refractivity contribution in [1.82, 2.24) is 14.7 Å². The molecule has 0 spiro atoms. The Morgan fingerprint density at radius 1 is 1.09 bits per heavy atom. The van der Waals surface area contributed by atoms with Gasteiger partial charge in [-0.1, -0.05) is 53.6 Å². The second-order valence-corrected chi connectivity index (χ2v) is 8.81. The van der Waals surface area contributed by atoms with Crippen LogP contribution in [0.2, 0.25) is 10.0 Å². The fourth-order valence-electron chi connectivity index (χ4n) is 3.70. The van der Waals surface area contributed by atoms with Gasteiger partial charge in [-0.3, -0.25) is 9.69 Å². The van der Waals surface area contributed by atoms with Crippen LogP contribution in [0.25, 0.3) is 6.08 Å². The van der Waals surface area contributed by atoms with Gasteiger partial charge in [-0.2, -0.15) is 0 Å². The van der Waals surface area contributed by atoms with Crippen LogP contribution >= 0.6 is 23.2 Å². The van der Waals surface area contributed by atoms with Crippen LogP contribution < -0.4 is 10.1 Å². The highest BCUT2D eigenvalue weighted by molar-refractivity contribution is 6.42. The van der Waals surface area contributed by atoms with E-state index in [-0.39, 0.29) is 11.9 Å². The van der Waals surface area contributed by atoms with E-state index >= 15 is 0 Å². The summed E-state index contributed by atoms with van der Waals surface area (Å²) in [6.07, 6.45) is 3.95. The van der Waals surface area contributed by atoms with E-state index in [4.69, 9.17) is 27.9 Å². The lowest BCUT2D eigenvalue weighted by Crippen LogP contribution is -2.51. The van der Waals surface area contributed by atoms with Crippen molar-refractivity contribution >= 4 is 46.9 Å². The largest absolute Gasteiger partial charge is 0.496 e. The molecule has 7 nitrogen and oxygen atoms in total. The van der Waals surface area contributed by atoms with Crippen LogP contribution in [0.15, 0.2) is 48.5 Å². The Balaban J connectivity index is 1.44. The monoisotopic (exact) mass is 504 g/mol. The molecule has 2 aromatic rings. The van der Waals surface area contributed by atoms with Gasteiger partial charge in [0, 0.05) is 64.0 Å². The van der Waals surface area contributed by atoms with Crippen molar-refractivity contribution in [3.8, 4) is 5.75 Å². The zero-order chi connectivity index (χ0) is 24.5. The van der Waals surface area contributed by atoms with E-state index in [2.05, 4.69) is 10.2 Å². The number of benzene rings is 2. The first-order valence-electron chi connectivity index (χ1n) is 11.2. The molecule has 1 fully saturated rings.